The molecule has 3 nitrogen and oxygen atoms in total. The summed E-state index contributed by atoms with van der Waals surface area (Å²) in [6.07, 6.45) is 0.315. The molecule has 1 heterocycles. The highest BCUT2D eigenvalue weighted by molar-refractivity contribution is 7.13. The normalized spacial score (nSPS) is 10.6. The van der Waals surface area contributed by atoms with Gasteiger partial charge in [0.05, 0.1) is 5.69 Å². The zero-order valence-electron chi connectivity index (χ0n) is 13.3. The molecule has 0 saturated heterocycles. The Morgan fingerprint density at radius 2 is 1.92 bits per heavy atom. The van der Waals surface area contributed by atoms with Crippen LogP contribution in [-0.4, -0.2) is 16.8 Å². The van der Waals surface area contributed by atoms with E-state index < -0.39 is 0 Å². The van der Waals surface area contributed by atoms with Gasteiger partial charge in [-0.1, -0.05) is 36.4 Å². The van der Waals surface area contributed by atoms with Gasteiger partial charge in [-0.05, 0) is 24.6 Å². The smallest absolute Gasteiger partial charge is 0.225 e. The van der Waals surface area contributed by atoms with Gasteiger partial charge in [0, 0.05) is 34.5 Å². The van der Waals surface area contributed by atoms with E-state index in [2.05, 4.69) is 29.8 Å². The van der Waals surface area contributed by atoms with E-state index >= 15 is 0 Å². The molecule has 0 bridgehead atoms. The second kappa shape index (κ2) is 7.60. The first-order valence-electron chi connectivity index (χ1n) is 7.65. The fraction of sp³-hybridized carbons (Fsp3) is 0.158. The maximum Gasteiger partial charge on any atom is 0.225 e. The van der Waals surface area contributed by atoms with Gasteiger partial charge >= 0.3 is 0 Å². The molecule has 1 amide bonds. The Morgan fingerprint density at radius 3 is 2.62 bits per heavy atom. The molecule has 0 radical (unpaired) electrons. The van der Waals surface area contributed by atoms with E-state index in [-0.39, 0.29) is 5.91 Å². The summed E-state index contributed by atoms with van der Waals surface area (Å²) in [6.45, 7) is 2.09. The van der Waals surface area contributed by atoms with Crippen LogP contribution in [-0.2, 0) is 4.79 Å². The van der Waals surface area contributed by atoms with Crippen molar-refractivity contribution in [2.75, 3.05) is 11.2 Å². The van der Waals surface area contributed by atoms with Gasteiger partial charge in [0.2, 0.25) is 5.91 Å². The van der Waals surface area contributed by atoms with Crippen LogP contribution >= 0.6 is 22.9 Å². The molecule has 0 spiro atoms. The van der Waals surface area contributed by atoms with E-state index in [1.165, 1.54) is 11.1 Å². The van der Waals surface area contributed by atoms with Gasteiger partial charge < -0.3 is 5.32 Å². The number of nitrogens with one attached hydrogen (secondary N) is 1. The monoisotopic (exact) mass is 356 g/mol. The number of aromatic nitrogens is 1. The van der Waals surface area contributed by atoms with Crippen LogP contribution in [0.15, 0.2) is 53.9 Å². The lowest BCUT2D eigenvalue weighted by atomic mass is 10.1. The lowest BCUT2D eigenvalue weighted by Gasteiger charge is -2.05. The molecule has 0 aliphatic rings. The van der Waals surface area contributed by atoms with Crippen molar-refractivity contribution in [2.24, 2.45) is 0 Å². The van der Waals surface area contributed by atoms with E-state index in [9.17, 15) is 4.79 Å². The number of carbonyl (C=O) groups excluding carboxylic acids is 1. The van der Waals surface area contributed by atoms with Crippen LogP contribution in [0.4, 0.5) is 5.69 Å². The first-order chi connectivity index (χ1) is 11.7. The zero-order valence-corrected chi connectivity index (χ0v) is 14.8. The predicted octanol–water partition coefficient (Wildman–Crippen LogP) is 5.35. The van der Waals surface area contributed by atoms with E-state index in [0.717, 1.165) is 22.0 Å². The summed E-state index contributed by atoms with van der Waals surface area (Å²) in [5.74, 6) is 0.248. The van der Waals surface area contributed by atoms with Crippen LogP contribution in [0.5, 0.6) is 0 Å². The first-order valence-corrected chi connectivity index (χ1v) is 9.06. The summed E-state index contributed by atoms with van der Waals surface area (Å²) in [4.78, 5) is 16.3. The topological polar surface area (TPSA) is 42.0 Å². The van der Waals surface area contributed by atoms with Crippen molar-refractivity contribution in [3.63, 3.8) is 0 Å². The lowest BCUT2D eigenvalue weighted by Crippen LogP contribution is -2.11. The largest absolute Gasteiger partial charge is 0.326 e. The maximum absolute atomic E-state index is 11.6. The van der Waals surface area contributed by atoms with Gasteiger partial charge in [-0.15, -0.1) is 22.9 Å². The van der Waals surface area contributed by atoms with Gasteiger partial charge in [0.25, 0.3) is 0 Å². The van der Waals surface area contributed by atoms with Crippen molar-refractivity contribution in [2.45, 2.75) is 13.3 Å². The van der Waals surface area contributed by atoms with Crippen LogP contribution in [0.25, 0.3) is 21.8 Å². The van der Waals surface area contributed by atoms with Crippen LogP contribution in [0.3, 0.4) is 0 Å². The second-order valence-electron chi connectivity index (χ2n) is 5.42. The summed E-state index contributed by atoms with van der Waals surface area (Å²) in [6, 6.07) is 15.9. The average Bonchev–Trinajstić information content (AvgIpc) is 3.06. The molecule has 1 aromatic heterocycles. The number of rotatable bonds is 5. The fourth-order valence-corrected chi connectivity index (χ4v) is 3.47. The third kappa shape index (κ3) is 3.83. The maximum atomic E-state index is 11.6. The van der Waals surface area contributed by atoms with Gasteiger partial charge in [0.15, 0.2) is 0 Å². The molecule has 0 unspecified atom stereocenters. The Morgan fingerprint density at radius 1 is 1.17 bits per heavy atom. The molecule has 24 heavy (non-hydrogen) atoms. The molecular weight excluding hydrogens is 340 g/mol. The number of benzene rings is 2. The van der Waals surface area contributed by atoms with Crippen molar-refractivity contribution in [3.8, 4) is 21.8 Å². The number of alkyl halides is 1. The molecule has 3 aromatic rings. The molecule has 3 rings (SSSR count). The Labute approximate surface area is 150 Å². The van der Waals surface area contributed by atoms with Crippen LogP contribution in [0, 0.1) is 6.92 Å². The number of nitrogens with zero attached hydrogens (tertiary/aromatic N) is 1. The van der Waals surface area contributed by atoms with Crippen molar-refractivity contribution in [3.05, 3.63) is 59.5 Å². The van der Waals surface area contributed by atoms with Crippen LogP contribution in [0.2, 0.25) is 0 Å². The minimum atomic E-state index is -0.0757. The van der Waals surface area contributed by atoms with Gasteiger partial charge in [0.1, 0.15) is 5.01 Å². The number of aryl methyl sites for hydroxylation is 1. The number of thiazole rings is 1. The molecule has 0 aliphatic heterocycles. The van der Waals surface area contributed by atoms with Crippen LogP contribution in [0.1, 0.15) is 12.0 Å². The Bertz CT molecular complexity index is 843. The van der Waals surface area contributed by atoms with Gasteiger partial charge in [-0.2, -0.15) is 0 Å². The molecule has 2 aromatic carbocycles. The highest BCUT2D eigenvalue weighted by Gasteiger charge is 2.09. The molecule has 0 saturated carbocycles. The lowest BCUT2D eigenvalue weighted by molar-refractivity contribution is -0.115. The molecule has 0 aliphatic carbocycles. The SMILES string of the molecule is Cc1ccccc1-c1nc(-c2ccc(NC(=O)CCCl)cc2)cs1. The summed E-state index contributed by atoms with van der Waals surface area (Å²) < 4.78 is 0. The van der Waals surface area contributed by atoms with E-state index in [1.54, 1.807) is 11.3 Å². The minimum Gasteiger partial charge on any atom is -0.326 e. The first kappa shape index (κ1) is 16.7. The highest BCUT2D eigenvalue weighted by Crippen LogP contribution is 2.31. The summed E-state index contributed by atoms with van der Waals surface area (Å²) in [5.41, 5.74) is 5.12. The molecule has 122 valence electrons. The summed E-state index contributed by atoms with van der Waals surface area (Å²) >= 11 is 7.20. The van der Waals surface area contributed by atoms with Crippen molar-refractivity contribution >= 4 is 34.5 Å². The summed E-state index contributed by atoms with van der Waals surface area (Å²) in [5, 5.41) is 5.89. The van der Waals surface area contributed by atoms with Crippen molar-refractivity contribution in [1.82, 2.24) is 4.98 Å². The molecule has 0 atom stereocenters. The Kier molecular flexibility index (Phi) is 5.28. The number of carbonyl (C=O) groups is 1. The number of hydrogen-bond acceptors (Lipinski definition) is 3. The second-order valence-corrected chi connectivity index (χ2v) is 6.65. The van der Waals surface area contributed by atoms with Crippen molar-refractivity contribution < 1.29 is 4.79 Å². The van der Waals surface area contributed by atoms with Crippen molar-refractivity contribution in [1.29, 1.82) is 0 Å². The van der Waals surface area contributed by atoms with E-state index in [0.29, 0.717) is 12.3 Å². The number of amides is 1. The quantitative estimate of drug-likeness (QED) is 0.626. The third-order valence-corrected chi connectivity index (χ3v) is 4.73. The molecular formula is C19H17ClN2OS. The van der Waals surface area contributed by atoms with E-state index in [1.807, 2.05) is 36.4 Å². The van der Waals surface area contributed by atoms with Gasteiger partial charge in [-0.3, -0.25) is 4.79 Å². The Balaban J connectivity index is 1.78. The Hall–Kier alpha value is -2.17. The third-order valence-electron chi connectivity index (χ3n) is 3.67. The highest BCUT2D eigenvalue weighted by atomic mass is 35.5. The zero-order chi connectivity index (χ0) is 16.9. The van der Waals surface area contributed by atoms with Gasteiger partial charge in [-0.25, -0.2) is 4.98 Å². The minimum absolute atomic E-state index is 0.0757. The molecule has 5 heteroatoms. The summed E-state index contributed by atoms with van der Waals surface area (Å²) in [7, 11) is 0. The predicted molar refractivity (Wildman–Crippen MR) is 102 cm³/mol. The number of hydrogen-bond donors (Lipinski definition) is 1. The average molecular weight is 357 g/mol. The molecule has 0 fully saturated rings. The standard InChI is InChI=1S/C19H17ClN2OS/c1-13-4-2-3-5-16(13)19-22-17(12-24-19)14-6-8-15(9-7-14)21-18(23)10-11-20/h2-9,12H,10-11H2,1H3,(H,21,23). The fourth-order valence-electron chi connectivity index (χ4n) is 2.38. The number of halogens is 1. The van der Waals surface area contributed by atoms with E-state index in [4.69, 9.17) is 16.6 Å². The molecule has 1 N–H and O–H groups in total. The number of anilines is 1. The van der Waals surface area contributed by atoms with Crippen LogP contribution < -0.4 is 5.32 Å².